The lowest BCUT2D eigenvalue weighted by molar-refractivity contribution is -0.302. The van der Waals surface area contributed by atoms with E-state index in [1.807, 2.05) is 6.08 Å². The summed E-state index contributed by atoms with van der Waals surface area (Å²) in [5.74, 6) is -0.187. The molecule has 0 saturated carbocycles. The fourth-order valence-electron chi connectivity index (χ4n) is 8.42. The van der Waals surface area contributed by atoms with E-state index in [1.165, 1.54) is 180 Å². The van der Waals surface area contributed by atoms with Crippen molar-refractivity contribution in [2.24, 2.45) is 0 Å². The SMILES string of the molecule is CCCCCCCCCCC/C=C/CC/C=C/CC/C=C/C(O)C(COC1OC(CO)C(O)C(O)C1O)NC(=O)CCCCCCCCCCCCCCCCCCCCCCC. The number of amides is 1. The summed E-state index contributed by atoms with van der Waals surface area (Å²) in [6.07, 6.45) is 49.1. The summed E-state index contributed by atoms with van der Waals surface area (Å²) in [7, 11) is 0. The van der Waals surface area contributed by atoms with Crippen molar-refractivity contribution >= 4 is 5.91 Å². The fourth-order valence-corrected chi connectivity index (χ4v) is 8.42. The molecule has 0 spiro atoms. The molecule has 0 aromatic heterocycles. The Morgan fingerprint density at radius 1 is 0.524 bits per heavy atom. The highest BCUT2D eigenvalue weighted by molar-refractivity contribution is 5.76. The first-order valence-corrected chi connectivity index (χ1v) is 26.7. The molecule has 0 aromatic rings. The number of carbonyl (C=O) groups is 1. The summed E-state index contributed by atoms with van der Waals surface area (Å²) in [4.78, 5) is 13.0. The molecule has 0 bridgehead atoms. The molecule has 0 radical (unpaired) electrons. The van der Waals surface area contributed by atoms with Gasteiger partial charge in [-0.15, -0.1) is 0 Å². The van der Waals surface area contributed by atoms with Crippen LogP contribution in [0.4, 0.5) is 0 Å². The largest absolute Gasteiger partial charge is 0.394 e. The highest BCUT2D eigenvalue weighted by atomic mass is 16.7. The second kappa shape index (κ2) is 44.3. The van der Waals surface area contributed by atoms with Gasteiger partial charge in [0.15, 0.2) is 6.29 Å². The van der Waals surface area contributed by atoms with E-state index in [0.29, 0.717) is 6.42 Å². The summed E-state index contributed by atoms with van der Waals surface area (Å²) >= 11 is 0. The fraction of sp³-hybridized carbons (Fsp3) is 0.870. The molecule has 1 heterocycles. The first kappa shape index (κ1) is 59.4. The van der Waals surface area contributed by atoms with Gasteiger partial charge >= 0.3 is 0 Å². The molecular formula is C54H101NO8. The van der Waals surface area contributed by atoms with Crippen molar-refractivity contribution in [3.8, 4) is 0 Å². The second-order valence-electron chi connectivity index (χ2n) is 18.7. The van der Waals surface area contributed by atoms with Crippen LogP contribution in [0.5, 0.6) is 0 Å². The summed E-state index contributed by atoms with van der Waals surface area (Å²) in [6.45, 7) is 3.77. The van der Waals surface area contributed by atoms with Crippen LogP contribution in [0.2, 0.25) is 0 Å². The lowest BCUT2D eigenvalue weighted by Gasteiger charge is -2.40. The average molecular weight is 892 g/mol. The molecule has 370 valence electrons. The summed E-state index contributed by atoms with van der Waals surface area (Å²) in [6, 6.07) is -0.825. The van der Waals surface area contributed by atoms with Gasteiger partial charge in [0.2, 0.25) is 5.91 Å². The Hall–Kier alpha value is -1.59. The highest BCUT2D eigenvalue weighted by Gasteiger charge is 2.44. The molecule has 9 heteroatoms. The van der Waals surface area contributed by atoms with E-state index in [9.17, 15) is 30.3 Å². The molecular weight excluding hydrogens is 791 g/mol. The maximum Gasteiger partial charge on any atom is 0.220 e. The van der Waals surface area contributed by atoms with E-state index < -0.39 is 49.5 Å². The van der Waals surface area contributed by atoms with Crippen molar-refractivity contribution in [1.29, 1.82) is 0 Å². The number of rotatable bonds is 45. The van der Waals surface area contributed by atoms with E-state index in [0.717, 1.165) is 44.9 Å². The Morgan fingerprint density at radius 3 is 1.33 bits per heavy atom. The van der Waals surface area contributed by atoms with Gasteiger partial charge in [-0.25, -0.2) is 0 Å². The smallest absolute Gasteiger partial charge is 0.220 e. The van der Waals surface area contributed by atoms with Crippen molar-refractivity contribution in [2.75, 3.05) is 13.2 Å². The van der Waals surface area contributed by atoms with E-state index in [4.69, 9.17) is 9.47 Å². The average Bonchev–Trinajstić information content (AvgIpc) is 3.28. The van der Waals surface area contributed by atoms with Gasteiger partial charge in [0.25, 0.3) is 0 Å². The number of aliphatic hydroxyl groups is 5. The molecule has 7 unspecified atom stereocenters. The molecule has 7 atom stereocenters. The van der Waals surface area contributed by atoms with Crippen molar-refractivity contribution in [3.05, 3.63) is 36.5 Å². The molecule has 6 N–H and O–H groups in total. The standard InChI is InChI=1S/C54H101NO8/c1-3-5-7-9-11-13-15-17-19-21-23-24-26-28-30-32-34-36-38-40-42-44-50(58)55-47(46-62-54-53(61)52(60)51(59)49(45-56)63-54)48(57)43-41-39-37-35-33-31-29-27-25-22-20-18-16-14-12-10-8-6-4-2/h25,27,33,35,41,43,47-49,51-54,56-57,59-61H,3-24,26,28-32,34,36-40,42,44-46H2,1-2H3,(H,55,58)/b27-25+,35-33+,43-41+. The minimum Gasteiger partial charge on any atom is -0.394 e. The number of ether oxygens (including phenoxy) is 2. The van der Waals surface area contributed by atoms with Crippen molar-refractivity contribution in [3.63, 3.8) is 0 Å². The van der Waals surface area contributed by atoms with E-state index in [2.05, 4.69) is 43.5 Å². The van der Waals surface area contributed by atoms with Crippen LogP contribution in [-0.4, -0.2) is 87.5 Å². The topological polar surface area (TPSA) is 149 Å². The van der Waals surface area contributed by atoms with Crippen LogP contribution in [0.1, 0.15) is 245 Å². The third kappa shape index (κ3) is 34.4. The first-order chi connectivity index (χ1) is 30.8. The number of unbranched alkanes of at least 4 members (excludes halogenated alkanes) is 31. The van der Waals surface area contributed by atoms with Gasteiger partial charge in [-0.3, -0.25) is 4.79 Å². The van der Waals surface area contributed by atoms with Gasteiger partial charge in [0, 0.05) is 6.42 Å². The Balaban J connectivity index is 2.30. The van der Waals surface area contributed by atoms with Gasteiger partial charge in [-0.2, -0.15) is 0 Å². The van der Waals surface area contributed by atoms with Crippen LogP contribution in [0, 0.1) is 0 Å². The maximum atomic E-state index is 13.0. The molecule has 1 aliphatic rings. The van der Waals surface area contributed by atoms with Gasteiger partial charge in [0.05, 0.1) is 25.4 Å². The van der Waals surface area contributed by atoms with E-state index in [1.54, 1.807) is 6.08 Å². The Bertz CT molecular complexity index is 1080. The predicted molar refractivity (Wildman–Crippen MR) is 263 cm³/mol. The van der Waals surface area contributed by atoms with Crippen molar-refractivity contribution in [1.82, 2.24) is 5.32 Å². The highest BCUT2D eigenvalue weighted by Crippen LogP contribution is 2.23. The Kier molecular flexibility index (Phi) is 41.7. The molecule has 9 nitrogen and oxygen atoms in total. The molecule has 1 rings (SSSR count). The third-order valence-electron chi connectivity index (χ3n) is 12.7. The molecule has 63 heavy (non-hydrogen) atoms. The lowest BCUT2D eigenvalue weighted by atomic mass is 9.99. The summed E-state index contributed by atoms with van der Waals surface area (Å²) in [5.41, 5.74) is 0. The van der Waals surface area contributed by atoms with E-state index in [-0.39, 0.29) is 12.5 Å². The van der Waals surface area contributed by atoms with Crippen LogP contribution in [-0.2, 0) is 14.3 Å². The van der Waals surface area contributed by atoms with Crippen LogP contribution in [0.15, 0.2) is 36.5 Å². The number of allylic oxidation sites excluding steroid dienone is 5. The molecule has 0 aliphatic carbocycles. The van der Waals surface area contributed by atoms with Crippen LogP contribution in [0.25, 0.3) is 0 Å². The molecule has 0 aromatic carbocycles. The quantitative estimate of drug-likeness (QED) is 0.0261. The zero-order valence-corrected chi connectivity index (χ0v) is 40.8. The first-order valence-electron chi connectivity index (χ1n) is 26.7. The van der Waals surface area contributed by atoms with Gasteiger partial charge < -0.3 is 40.3 Å². The minimum absolute atomic E-state index is 0.187. The number of aliphatic hydroxyl groups excluding tert-OH is 5. The molecule has 1 amide bonds. The summed E-state index contributed by atoms with van der Waals surface area (Å²) < 4.78 is 11.2. The third-order valence-corrected chi connectivity index (χ3v) is 12.7. The lowest BCUT2D eigenvalue weighted by Crippen LogP contribution is -2.60. The minimum atomic E-state index is -1.57. The van der Waals surface area contributed by atoms with Crippen LogP contribution < -0.4 is 5.32 Å². The molecule has 1 saturated heterocycles. The number of hydrogen-bond acceptors (Lipinski definition) is 8. The monoisotopic (exact) mass is 892 g/mol. The van der Waals surface area contributed by atoms with E-state index >= 15 is 0 Å². The number of nitrogens with one attached hydrogen (secondary N) is 1. The normalized spacial score (nSPS) is 20.4. The second-order valence-corrected chi connectivity index (χ2v) is 18.7. The zero-order chi connectivity index (χ0) is 45.9. The van der Waals surface area contributed by atoms with Gasteiger partial charge in [-0.05, 0) is 44.9 Å². The Morgan fingerprint density at radius 2 is 0.905 bits per heavy atom. The van der Waals surface area contributed by atoms with Crippen molar-refractivity contribution in [2.45, 2.75) is 288 Å². The van der Waals surface area contributed by atoms with Crippen LogP contribution in [0.3, 0.4) is 0 Å². The Labute approximate surface area is 387 Å². The number of carbonyl (C=O) groups excluding carboxylic acids is 1. The summed E-state index contributed by atoms with van der Waals surface area (Å²) in [5, 5.41) is 54.4. The molecule has 1 fully saturated rings. The zero-order valence-electron chi connectivity index (χ0n) is 40.8. The van der Waals surface area contributed by atoms with Crippen LogP contribution >= 0.6 is 0 Å². The maximum absolute atomic E-state index is 13.0. The number of hydrogen-bond donors (Lipinski definition) is 6. The van der Waals surface area contributed by atoms with Crippen molar-refractivity contribution < 1.29 is 39.8 Å². The van der Waals surface area contributed by atoms with Gasteiger partial charge in [-0.1, -0.05) is 230 Å². The van der Waals surface area contributed by atoms with Gasteiger partial charge in [0.1, 0.15) is 24.4 Å². The molecule has 1 aliphatic heterocycles. The predicted octanol–water partition coefficient (Wildman–Crippen LogP) is 12.4.